The topological polar surface area (TPSA) is 20.3 Å². The fourth-order valence-corrected chi connectivity index (χ4v) is 4.38. The van der Waals surface area contributed by atoms with Crippen LogP contribution in [-0.4, -0.2) is 23.1 Å². The van der Waals surface area contributed by atoms with Crippen molar-refractivity contribution in [2.24, 2.45) is 0 Å². The Balaban J connectivity index is 1.82. The molecule has 2 nitrogen and oxygen atoms in total. The second-order valence-corrected chi connectivity index (χ2v) is 9.20. The van der Waals surface area contributed by atoms with Crippen molar-refractivity contribution in [2.45, 2.75) is 31.6 Å². The van der Waals surface area contributed by atoms with E-state index < -0.39 is 0 Å². The number of benzene rings is 2. The van der Waals surface area contributed by atoms with Gasteiger partial charge in [-0.1, -0.05) is 61.0 Å². The molecule has 0 saturated carbocycles. The molecule has 0 bridgehead atoms. The third kappa shape index (κ3) is 3.70. The quantitative estimate of drug-likeness (QED) is 0.646. The highest BCUT2D eigenvalue weighted by Crippen LogP contribution is 2.39. The summed E-state index contributed by atoms with van der Waals surface area (Å²) in [5.41, 5.74) is 3.42. The predicted molar refractivity (Wildman–Crippen MR) is 106 cm³/mol. The molecule has 1 aliphatic heterocycles. The van der Waals surface area contributed by atoms with Gasteiger partial charge in [0, 0.05) is 22.3 Å². The molecule has 1 fully saturated rings. The molecule has 0 spiro atoms. The van der Waals surface area contributed by atoms with Gasteiger partial charge in [0.05, 0.1) is 0 Å². The van der Waals surface area contributed by atoms with Crippen LogP contribution in [0.25, 0.3) is 0 Å². The van der Waals surface area contributed by atoms with Gasteiger partial charge in [-0.25, -0.2) is 0 Å². The minimum Gasteiger partial charge on any atom is -0.322 e. The lowest BCUT2D eigenvalue weighted by molar-refractivity contribution is 0.0760. The predicted octanol–water partition coefficient (Wildman–Crippen LogP) is 5.63. The summed E-state index contributed by atoms with van der Waals surface area (Å²) in [6, 6.07) is 16.3. The first-order valence-corrected chi connectivity index (χ1v) is 9.99. The van der Waals surface area contributed by atoms with E-state index >= 15 is 0 Å². The van der Waals surface area contributed by atoms with Gasteiger partial charge in [0.15, 0.2) is 0 Å². The van der Waals surface area contributed by atoms with Crippen LogP contribution in [0, 0.1) is 0 Å². The van der Waals surface area contributed by atoms with E-state index in [0.29, 0.717) is 0 Å². The van der Waals surface area contributed by atoms with Crippen molar-refractivity contribution in [3.05, 3.63) is 69.7 Å². The third-order valence-corrected chi connectivity index (χ3v) is 6.09. The largest absolute Gasteiger partial charge is 0.322 e. The number of hydrogen-bond donors (Lipinski definition) is 0. The summed E-state index contributed by atoms with van der Waals surface area (Å²) in [7, 11) is 0. The van der Waals surface area contributed by atoms with Crippen molar-refractivity contribution in [1.82, 2.24) is 4.90 Å². The van der Waals surface area contributed by atoms with Gasteiger partial charge in [-0.15, -0.1) is 11.8 Å². The molecule has 1 aliphatic rings. The van der Waals surface area contributed by atoms with Gasteiger partial charge in [0.25, 0.3) is 5.91 Å². The molecule has 24 heavy (non-hydrogen) atoms. The van der Waals surface area contributed by atoms with Crippen molar-refractivity contribution in [2.75, 3.05) is 12.3 Å². The van der Waals surface area contributed by atoms with Crippen LogP contribution in [0.4, 0.5) is 0 Å². The number of rotatable bonds is 2. The average Bonchev–Trinajstić information content (AvgIpc) is 3.04. The van der Waals surface area contributed by atoms with Crippen molar-refractivity contribution in [3.8, 4) is 0 Å². The minimum absolute atomic E-state index is 0.107. The molecular weight excluding hydrogens is 382 g/mol. The first kappa shape index (κ1) is 17.6. The summed E-state index contributed by atoms with van der Waals surface area (Å²) in [5.74, 6) is 1.09. The first-order valence-electron chi connectivity index (χ1n) is 8.15. The number of halogens is 1. The van der Waals surface area contributed by atoms with Crippen molar-refractivity contribution in [3.63, 3.8) is 0 Å². The second kappa shape index (κ2) is 6.93. The summed E-state index contributed by atoms with van der Waals surface area (Å²) >= 11 is 5.26. The molecule has 126 valence electrons. The van der Waals surface area contributed by atoms with Crippen molar-refractivity contribution in [1.29, 1.82) is 0 Å². The molecule has 1 saturated heterocycles. The number of carbonyl (C=O) groups is 1. The number of carbonyl (C=O) groups excluding carboxylic acids is 1. The van der Waals surface area contributed by atoms with Gasteiger partial charge in [0.1, 0.15) is 5.37 Å². The Labute approximate surface area is 156 Å². The molecule has 1 amide bonds. The summed E-state index contributed by atoms with van der Waals surface area (Å²) in [5, 5.41) is 0.107. The summed E-state index contributed by atoms with van der Waals surface area (Å²) in [6.07, 6.45) is 0. The first-order chi connectivity index (χ1) is 11.4. The van der Waals surface area contributed by atoms with Gasteiger partial charge in [-0.3, -0.25) is 4.79 Å². The molecule has 0 radical (unpaired) electrons. The van der Waals surface area contributed by atoms with Crippen LogP contribution in [-0.2, 0) is 5.41 Å². The van der Waals surface area contributed by atoms with Gasteiger partial charge >= 0.3 is 0 Å². The standard InChI is InChI=1S/C20H22BrNOS/c1-20(2,3)16-8-4-15(5-9-16)19-22(12-13-24-19)18(23)14-6-10-17(21)11-7-14/h4-11,19H,12-13H2,1-3H3/t19-/m0/s1. The molecule has 0 unspecified atom stereocenters. The van der Waals surface area contributed by atoms with Crippen LogP contribution in [0.3, 0.4) is 0 Å². The summed E-state index contributed by atoms with van der Waals surface area (Å²) in [4.78, 5) is 14.9. The average molecular weight is 404 g/mol. The smallest absolute Gasteiger partial charge is 0.255 e. The fourth-order valence-electron chi connectivity index (χ4n) is 2.86. The second-order valence-electron chi connectivity index (χ2n) is 7.10. The van der Waals surface area contributed by atoms with Crippen LogP contribution in [0.1, 0.15) is 47.6 Å². The van der Waals surface area contributed by atoms with Gasteiger partial charge < -0.3 is 4.90 Å². The lowest BCUT2D eigenvalue weighted by Gasteiger charge is -2.25. The lowest BCUT2D eigenvalue weighted by Crippen LogP contribution is -2.30. The van der Waals surface area contributed by atoms with Crippen LogP contribution < -0.4 is 0 Å². The highest BCUT2D eigenvalue weighted by molar-refractivity contribution is 9.10. The third-order valence-electron chi connectivity index (χ3n) is 4.30. The molecule has 1 atom stereocenters. The molecule has 0 aliphatic carbocycles. The van der Waals surface area contributed by atoms with E-state index in [1.54, 1.807) is 0 Å². The van der Waals surface area contributed by atoms with E-state index in [0.717, 1.165) is 22.3 Å². The Bertz CT molecular complexity index is 719. The lowest BCUT2D eigenvalue weighted by atomic mass is 9.86. The Morgan fingerprint density at radius 2 is 1.71 bits per heavy atom. The van der Waals surface area contributed by atoms with E-state index in [1.165, 1.54) is 11.1 Å². The normalized spacial score (nSPS) is 18.0. The number of amides is 1. The van der Waals surface area contributed by atoms with Crippen LogP contribution in [0.15, 0.2) is 53.0 Å². The molecule has 2 aromatic carbocycles. The Morgan fingerprint density at radius 1 is 1.08 bits per heavy atom. The molecule has 3 rings (SSSR count). The molecule has 0 N–H and O–H groups in total. The maximum Gasteiger partial charge on any atom is 0.255 e. The summed E-state index contributed by atoms with van der Waals surface area (Å²) < 4.78 is 0.990. The Morgan fingerprint density at radius 3 is 2.29 bits per heavy atom. The van der Waals surface area contributed by atoms with E-state index in [9.17, 15) is 4.79 Å². The zero-order valence-electron chi connectivity index (χ0n) is 14.3. The van der Waals surface area contributed by atoms with Gasteiger partial charge in [-0.05, 0) is 40.8 Å². The van der Waals surface area contributed by atoms with Crippen LogP contribution >= 0.6 is 27.7 Å². The Hall–Kier alpha value is -1.26. The van der Waals surface area contributed by atoms with Crippen LogP contribution in [0.5, 0.6) is 0 Å². The van der Waals surface area contributed by atoms with Crippen LogP contribution in [0.2, 0.25) is 0 Å². The zero-order valence-corrected chi connectivity index (χ0v) is 16.7. The SMILES string of the molecule is CC(C)(C)c1ccc([C@@H]2SCCN2C(=O)c2ccc(Br)cc2)cc1. The molecule has 4 heteroatoms. The molecular formula is C20H22BrNOS. The summed E-state index contributed by atoms with van der Waals surface area (Å²) in [6.45, 7) is 7.45. The number of thioether (sulfide) groups is 1. The maximum atomic E-state index is 12.9. The van der Waals surface area contributed by atoms with E-state index in [-0.39, 0.29) is 16.7 Å². The minimum atomic E-state index is 0.107. The molecule has 2 aromatic rings. The van der Waals surface area contributed by atoms with E-state index in [4.69, 9.17) is 0 Å². The molecule has 0 aromatic heterocycles. The molecule has 1 heterocycles. The van der Waals surface area contributed by atoms with Crippen molar-refractivity contribution >= 4 is 33.6 Å². The fraction of sp³-hybridized carbons (Fsp3) is 0.350. The van der Waals surface area contributed by atoms with Gasteiger partial charge in [-0.2, -0.15) is 0 Å². The highest BCUT2D eigenvalue weighted by Gasteiger charge is 2.31. The Kier molecular flexibility index (Phi) is 5.07. The zero-order chi connectivity index (χ0) is 17.3. The van der Waals surface area contributed by atoms with Crippen molar-refractivity contribution < 1.29 is 4.79 Å². The number of nitrogens with zero attached hydrogens (tertiary/aromatic N) is 1. The van der Waals surface area contributed by atoms with Gasteiger partial charge in [0.2, 0.25) is 0 Å². The monoisotopic (exact) mass is 403 g/mol. The number of hydrogen-bond acceptors (Lipinski definition) is 2. The van der Waals surface area contributed by atoms with E-state index in [1.807, 2.05) is 40.9 Å². The highest BCUT2D eigenvalue weighted by atomic mass is 79.9. The maximum absolute atomic E-state index is 12.9. The van der Waals surface area contributed by atoms with E-state index in [2.05, 4.69) is 61.0 Å².